The van der Waals surface area contributed by atoms with Gasteiger partial charge < -0.3 is 5.32 Å². The minimum Gasteiger partial charge on any atom is -0.375 e. The van der Waals surface area contributed by atoms with Crippen molar-refractivity contribution in [2.45, 2.75) is 11.4 Å². The van der Waals surface area contributed by atoms with E-state index in [0.29, 0.717) is 6.54 Å². The van der Waals surface area contributed by atoms with E-state index in [0.717, 1.165) is 10.9 Å². The average Bonchev–Trinajstić information content (AvgIpc) is 2.88. The summed E-state index contributed by atoms with van der Waals surface area (Å²) in [7, 11) is -3.96. The summed E-state index contributed by atoms with van der Waals surface area (Å²) in [5.74, 6) is 0. The molecule has 20 heavy (non-hydrogen) atoms. The molecule has 0 fully saturated rings. The molecule has 0 saturated carbocycles. The average molecular weight is 313 g/mol. The van der Waals surface area contributed by atoms with Gasteiger partial charge in [0, 0.05) is 17.5 Å². The van der Waals surface area contributed by atoms with Gasteiger partial charge in [-0.3, -0.25) is 10.1 Å². The smallest absolute Gasteiger partial charge is 0.293 e. The Kier molecular flexibility index (Phi) is 4.02. The van der Waals surface area contributed by atoms with Gasteiger partial charge in [-0.2, -0.15) is 0 Å². The molecule has 0 unspecified atom stereocenters. The van der Waals surface area contributed by atoms with Crippen LogP contribution in [0.1, 0.15) is 4.88 Å². The van der Waals surface area contributed by atoms with E-state index in [1.54, 1.807) is 0 Å². The van der Waals surface area contributed by atoms with Crippen LogP contribution in [0.5, 0.6) is 0 Å². The number of rotatable bonds is 5. The second-order valence-corrected chi connectivity index (χ2v) is 6.51. The van der Waals surface area contributed by atoms with Crippen LogP contribution in [0.2, 0.25) is 0 Å². The van der Waals surface area contributed by atoms with Gasteiger partial charge in [-0.05, 0) is 23.6 Å². The number of hydrogen-bond donors (Lipinski definition) is 2. The van der Waals surface area contributed by atoms with Crippen LogP contribution in [-0.4, -0.2) is 13.3 Å². The number of nitrogens with two attached hydrogens (primary N) is 1. The zero-order chi connectivity index (χ0) is 14.8. The van der Waals surface area contributed by atoms with Crippen molar-refractivity contribution in [2.24, 2.45) is 5.14 Å². The molecule has 3 N–H and O–H groups in total. The lowest BCUT2D eigenvalue weighted by atomic mass is 10.2. The Morgan fingerprint density at radius 2 is 2.10 bits per heavy atom. The number of hydrogen-bond acceptors (Lipinski definition) is 6. The maximum absolute atomic E-state index is 11.2. The molecule has 0 saturated heterocycles. The SMILES string of the molecule is NS(=O)(=O)c1ccc(NCc2cccs2)c([N+](=O)[O-])c1. The van der Waals surface area contributed by atoms with E-state index in [4.69, 9.17) is 5.14 Å². The molecule has 1 heterocycles. The monoisotopic (exact) mass is 313 g/mol. The highest BCUT2D eigenvalue weighted by atomic mass is 32.2. The molecular formula is C11H11N3O4S2. The van der Waals surface area contributed by atoms with E-state index in [1.807, 2.05) is 17.5 Å². The number of primary sulfonamides is 1. The molecule has 1 aromatic heterocycles. The number of nitrogens with zero attached hydrogens (tertiary/aromatic N) is 1. The maximum atomic E-state index is 11.2. The molecule has 0 radical (unpaired) electrons. The first-order valence-electron chi connectivity index (χ1n) is 5.45. The van der Waals surface area contributed by atoms with E-state index >= 15 is 0 Å². The van der Waals surface area contributed by atoms with Crippen molar-refractivity contribution in [3.63, 3.8) is 0 Å². The molecular weight excluding hydrogens is 302 g/mol. The summed E-state index contributed by atoms with van der Waals surface area (Å²) in [5, 5.41) is 20.8. The van der Waals surface area contributed by atoms with Gasteiger partial charge in [0.05, 0.1) is 9.82 Å². The van der Waals surface area contributed by atoms with Crippen LogP contribution in [0.4, 0.5) is 11.4 Å². The molecule has 2 rings (SSSR count). The Morgan fingerprint density at radius 1 is 1.35 bits per heavy atom. The Bertz CT molecular complexity index is 726. The summed E-state index contributed by atoms with van der Waals surface area (Å²) in [6, 6.07) is 7.29. The topological polar surface area (TPSA) is 115 Å². The predicted octanol–water partition coefficient (Wildman–Crippen LogP) is 1.92. The van der Waals surface area contributed by atoms with Crippen LogP contribution in [0, 0.1) is 10.1 Å². The fourth-order valence-corrected chi connectivity index (χ4v) is 2.76. The van der Waals surface area contributed by atoms with Crippen molar-refractivity contribution >= 4 is 32.7 Å². The van der Waals surface area contributed by atoms with Crippen molar-refractivity contribution in [2.75, 3.05) is 5.32 Å². The molecule has 1 aromatic carbocycles. The van der Waals surface area contributed by atoms with Gasteiger partial charge in [-0.1, -0.05) is 6.07 Å². The van der Waals surface area contributed by atoms with E-state index in [-0.39, 0.29) is 16.3 Å². The van der Waals surface area contributed by atoms with Crippen LogP contribution in [0.3, 0.4) is 0 Å². The molecule has 2 aromatic rings. The Balaban J connectivity index is 2.31. The number of thiophene rings is 1. The zero-order valence-corrected chi connectivity index (χ0v) is 11.8. The fraction of sp³-hybridized carbons (Fsp3) is 0.0909. The third-order valence-electron chi connectivity index (χ3n) is 2.53. The standard InChI is InChI=1S/C11H11N3O4S2/c12-20(17,18)9-3-4-10(11(6-9)14(15)16)13-7-8-2-1-5-19-8/h1-6,13H,7H2,(H2,12,17,18). The second kappa shape index (κ2) is 5.57. The largest absolute Gasteiger partial charge is 0.375 e. The quantitative estimate of drug-likeness (QED) is 0.646. The highest BCUT2D eigenvalue weighted by Gasteiger charge is 2.18. The number of nitrogens with one attached hydrogen (secondary N) is 1. The first-order valence-corrected chi connectivity index (χ1v) is 7.88. The lowest BCUT2D eigenvalue weighted by molar-refractivity contribution is -0.384. The number of benzene rings is 1. The second-order valence-electron chi connectivity index (χ2n) is 3.91. The Labute approximate surface area is 119 Å². The van der Waals surface area contributed by atoms with Crippen molar-refractivity contribution < 1.29 is 13.3 Å². The van der Waals surface area contributed by atoms with Gasteiger partial charge >= 0.3 is 0 Å². The van der Waals surface area contributed by atoms with Crippen molar-refractivity contribution in [3.8, 4) is 0 Å². The summed E-state index contributed by atoms with van der Waals surface area (Å²) >= 11 is 1.52. The van der Waals surface area contributed by atoms with Crippen molar-refractivity contribution in [3.05, 3.63) is 50.7 Å². The molecule has 0 aliphatic carbocycles. The number of sulfonamides is 1. The minimum atomic E-state index is -3.96. The van der Waals surface area contributed by atoms with Crippen LogP contribution >= 0.6 is 11.3 Å². The van der Waals surface area contributed by atoms with Crippen LogP contribution in [0.15, 0.2) is 40.6 Å². The van der Waals surface area contributed by atoms with E-state index in [9.17, 15) is 18.5 Å². The molecule has 9 heteroatoms. The Morgan fingerprint density at radius 3 is 2.65 bits per heavy atom. The van der Waals surface area contributed by atoms with Gasteiger partial charge in [0.1, 0.15) is 5.69 Å². The van der Waals surface area contributed by atoms with Crippen molar-refractivity contribution in [1.82, 2.24) is 0 Å². The first kappa shape index (κ1) is 14.4. The van der Waals surface area contributed by atoms with Gasteiger partial charge in [0.15, 0.2) is 0 Å². The summed E-state index contributed by atoms with van der Waals surface area (Å²) in [5.41, 5.74) is -0.0797. The van der Waals surface area contributed by atoms with Gasteiger partial charge in [0.25, 0.3) is 5.69 Å². The summed E-state index contributed by atoms with van der Waals surface area (Å²) in [4.78, 5) is 11.1. The summed E-state index contributed by atoms with van der Waals surface area (Å²) < 4.78 is 22.4. The molecule has 106 valence electrons. The molecule has 0 atom stereocenters. The first-order chi connectivity index (χ1) is 9.38. The van der Waals surface area contributed by atoms with E-state index in [1.165, 1.54) is 23.5 Å². The number of anilines is 1. The highest BCUT2D eigenvalue weighted by molar-refractivity contribution is 7.89. The van der Waals surface area contributed by atoms with E-state index < -0.39 is 14.9 Å². The third-order valence-corrected chi connectivity index (χ3v) is 4.31. The van der Waals surface area contributed by atoms with Gasteiger partial charge in [0.2, 0.25) is 10.0 Å². The molecule has 0 aliphatic rings. The predicted molar refractivity (Wildman–Crippen MR) is 76.1 cm³/mol. The molecule has 0 aliphatic heterocycles. The highest BCUT2D eigenvalue weighted by Crippen LogP contribution is 2.27. The Hall–Kier alpha value is -1.97. The lowest BCUT2D eigenvalue weighted by Gasteiger charge is -2.07. The number of nitro benzene ring substituents is 1. The normalized spacial score (nSPS) is 11.2. The maximum Gasteiger partial charge on any atom is 0.293 e. The van der Waals surface area contributed by atoms with Crippen LogP contribution in [-0.2, 0) is 16.6 Å². The lowest BCUT2D eigenvalue weighted by Crippen LogP contribution is -2.13. The molecule has 7 nitrogen and oxygen atoms in total. The molecule has 0 bridgehead atoms. The number of nitro groups is 1. The van der Waals surface area contributed by atoms with Crippen molar-refractivity contribution in [1.29, 1.82) is 0 Å². The minimum absolute atomic E-state index is 0.246. The van der Waals surface area contributed by atoms with Crippen LogP contribution in [0.25, 0.3) is 0 Å². The summed E-state index contributed by atoms with van der Waals surface area (Å²) in [6.45, 7) is 0.424. The third kappa shape index (κ3) is 3.32. The van der Waals surface area contributed by atoms with Gasteiger partial charge in [-0.15, -0.1) is 11.3 Å². The molecule has 0 spiro atoms. The summed E-state index contributed by atoms with van der Waals surface area (Å²) in [6.07, 6.45) is 0. The fourth-order valence-electron chi connectivity index (χ4n) is 1.58. The zero-order valence-electron chi connectivity index (χ0n) is 10.1. The van der Waals surface area contributed by atoms with Crippen LogP contribution < -0.4 is 10.5 Å². The molecule has 0 amide bonds. The van der Waals surface area contributed by atoms with Gasteiger partial charge in [-0.25, -0.2) is 13.6 Å². The van der Waals surface area contributed by atoms with E-state index in [2.05, 4.69) is 5.32 Å².